The molecule has 0 N–H and O–H groups in total. The molecule has 2 aliphatic rings. The van der Waals surface area contributed by atoms with Gasteiger partial charge in [0.2, 0.25) is 0 Å². The summed E-state index contributed by atoms with van der Waals surface area (Å²) < 4.78 is 5.97. The normalized spacial score (nSPS) is 31.4. The van der Waals surface area contributed by atoms with Crippen LogP contribution >= 0.6 is 0 Å². The van der Waals surface area contributed by atoms with Crippen LogP contribution in [-0.4, -0.2) is 6.10 Å². The molecule has 0 aromatic carbocycles. The molecule has 140 valence electrons. The number of hydrogen-bond donors (Lipinski definition) is 0. The second kappa shape index (κ2) is 12.0. The van der Waals surface area contributed by atoms with Crippen LogP contribution in [0.4, 0.5) is 0 Å². The van der Waals surface area contributed by atoms with Gasteiger partial charge in [0, 0.05) is 0 Å². The first-order valence-corrected chi connectivity index (χ1v) is 11.1. The third-order valence-electron chi connectivity index (χ3n) is 6.54. The van der Waals surface area contributed by atoms with Gasteiger partial charge in [0.15, 0.2) is 0 Å². The highest BCUT2D eigenvalue weighted by atomic mass is 16.5. The zero-order valence-electron chi connectivity index (χ0n) is 16.5. The van der Waals surface area contributed by atoms with Gasteiger partial charge < -0.3 is 4.74 Å². The minimum Gasteiger partial charge on any atom is -0.498 e. The van der Waals surface area contributed by atoms with Crippen molar-refractivity contribution in [2.75, 3.05) is 0 Å². The maximum atomic E-state index is 5.97. The maximum Gasteiger partial charge on any atom is 0.0981 e. The molecule has 1 nitrogen and oxygen atoms in total. The Kier molecular flexibility index (Phi) is 9.92. The molecule has 0 aromatic heterocycles. The van der Waals surface area contributed by atoms with Crippen molar-refractivity contribution < 1.29 is 4.74 Å². The highest BCUT2D eigenvalue weighted by Crippen LogP contribution is 2.41. The van der Waals surface area contributed by atoms with E-state index in [1.54, 1.807) is 0 Å². The summed E-state index contributed by atoms with van der Waals surface area (Å²) in [4.78, 5) is 0. The van der Waals surface area contributed by atoms with Gasteiger partial charge in [-0.05, 0) is 62.7 Å². The van der Waals surface area contributed by atoms with Gasteiger partial charge in [-0.3, -0.25) is 0 Å². The number of allylic oxidation sites excluding steroid dienone is 1. The maximum absolute atomic E-state index is 5.97. The van der Waals surface area contributed by atoms with Gasteiger partial charge in [0.1, 0.15) is 0 Å². The summed E-state index contributed by atoms with van der Waals surface area (Å²) in [5.74, 6) is 3.00. The molecule has 0 radical (unpaired) electrons. The Balaban J connectivity index is 1.61. The van der Waals surface area contributed by atoms with Crippen LogP contribution in [0.25, 0.3) is 0 Å². The van der Waals surface area contributed by atoms with E-state index < -0.39 is 0 Å². The minimum atomic E-state index is 0.503. The zero-order chi connectivity index (χ0) is 17.0. The second-order valence-electron chi connectivity index (χ2n) is 8.45. The van der Waals surface area contributed by atoms with E-state index in [9.17, 15) is 0 Å². The summed E-state index contributed by atoms with van der Waals surface area (Å²) in [6, 6.07) is 0. The highest BCUT2D eigenvalue weighted by Gasteiger charge is 2.31. The highest BCUT2D eigenvalue weighted by molar-refractivity contribution is 4.84. The van der Waals surface area contributed by atoms with Crippen LogP contribution < -0.4 is 0 Å². The first kappa shape index (κ1) is 19.9. The average Bonchev–Trinajstić information content (AvgIpc) is 2.63. The van der Waals surface area contributed by atoms with Gasteiger partial charge >= 0.3 is 0 Å². The summed E-state index contributed by atoms with van der Waals surface area (Å²) in [5.41, 5.74) is 0. The van der Waals surface area contributed by atoms with E-state index in [-0.39, 0.29) is 0 Å². The molecular weight excluding hydrogens is 292 g/mol. The molecule has 2 fully saturated rings. The Morgan fingerprint density at radius 3 is 2.38 bits per heavy atom. The van der Waals surface area contributed by atoms with E-state index in [4.69, 9.17) is 4.74 Å². The molecule has 2 saturated carbocycles. The Morgan fingerprint density at radius 1 is 0.833 bits per heavy atom. The minimum absolute atomic E-state index is 0.503. The standard InChI is InChI=1S/C23H42O/c1-3-5-7-8-9-11-20-14-16-21(17-15-20)22-12-10-13-23(19-22)24-18-6-4-2/h6,18,20-23H,3-5,7-17,19H2,1-2H3/b18-6+. The quantitative estimate of drug-likeness (QED) is 0.294. The molecule has 2 atom stereocenters. The Bertz CT molecular complexity index is 327. The van der Waals surface area contributed by atoms with Crippen molar-refractivity contribution in [1.82, 2.24) is 0 Å². The van der Waals surface area contributed by atoms with Crippen molar-refractivity contribution in [2.24, 2.45) is 17.8 Å². The first-order valence-electron chi connectivity index (χ1n) is 11.1. The first-order chi connectivity index (χ1) is 11.8. The molecule has 2 unspecified atom stereocenters. The number of unbranched alkanes of at least 4 members (excludes halogenated alkanes) is 4. The molecule has 0 aromatic rings. The van der Waals surface area contributed by atoms with Crippen molar-refractivity contribution in [3.8, 4) is 0 Å². The number of rotatable bonds is 10. The number of ether oxygens (including phenoxy) is 1. The fraction of sp³-hybridized carbons (Fsp3) is 0.913. The predicted molar refractivity (Wildman–Crippen MR) is 105 cm³/mol. The molecule has 24 heavy (non-hydrogen) atoms. The zero-order valence-corrected chi connectivity index (χ0v) is 16.5. The topological polar surface area (TPSA) is 9.23 Å². The van der Waals surface area contributed by atoms with Gasteiger partial charge in [0.25, 0.3) is 0 Å². The van der Waals surface area contributed by atoms with Crippen LogP contribution in [0.2, 0.25) is 0 Å². The third kappa shape index (κ3) is 7.19. The van der Waals surface area contributed by atoms with Crippen molar-refractivity contribution in [1.29, 1.82) is 0 Å². The lowest BCUT2D eigenvalue weighted by Crippen LogP contribution is -2.29. The lowest BCUT2D eigenvalue weighted by atomic mass is 9.70. The summed E-state index contributed by atoms with van der Waals surface area (Å²) >= 11 is 0. The van der Waals surface area contributed by atoms with Gasteiger partial charge in [0.05, 0.1) is 12.4 Å². The second-order valence-corrected chi connectivity index (χ2v) is 8.45. The molecule has 2 aliphatic carbocycles. The SMILES string of the molecule is CC/C=C/OC1CCCC(C2CCC(CCCCCCC)CC2)C1. The molecule has 0 spiro atoms. The van der Waals surface area contributed by atoms with Crippen molar-refractivity contribution in [2.45, 2.75) is 116 Å². The summed E-state index contributed by atoms with van der Waals surface area (Å²) in [7, 11) is 0. The van der Waals surface area contributed by atoms with E-state index in [2.05, 4.69) is 19.9 Å². The molecule has 0 heterocycles. The molecule has 0 saturated heterocycles. The Labute approximate surface area is 151 Å². The number of hydrogen-bond acceptors (Lipinski definition) is 1. The van der Waals surface area contributed by atoms with Gasteiger partial charge in [-0.1, -0.05) is 71.3 Å². The van der Waals surface area contributed by atoms with E-state index in [1.165, 1.54) is 89.9 Å². The largest absolute Gasteiger partial charge is 0.498 e. The third-order valence-corrected chi connectivity index (χ3v) is 6.54. The van der Waals surface area contributed by atoms with Gasteiger partial charge in [-0.25, -0.2) is 0 Å². The molecular formula is C23H42O. The summed E-state index contributed by atoms with van der Waals surface area (Å²) in [5, 5.41) is 0. The summed E-state index contributed by atoms with van der Waals surface area (Å²) in [6.45, 7) is 4.48. The lowest BCUT2D eigenvalue weighted by molar-refractivity contribution is 0.0510. The molecule has 0 bridgehead atoms. The monoisotopic (exact) mass is 334 g/mol. The Morgan fingerprint density at radius 2 is 1.62 bits per heavy atom. The smallest absolute Gasteiger partial charge is 0.0981 e. The van der Waals surface area contributed by atoms with Gasteiger partial charge in [-0.15, -0.1) is 0 Å². The van der Waals surface area contributed by atoms with Crippen LogP contribution in [0.5, 0.6) is 0 Å². The van der Waals surface area contributed by atoms with E-state index in [0.29, 0.717) is 6.10 Å². The van der Waals surface area contributed by atoms with Crippen molar-refractivity contribution >= 4 is 0 Å². The summed E-state index contributed by atoms with van der Waals surface area (Å²) in [6.07, 6.45) is 25.9. The van der Waals surface area contributed by atoms with Crippen LogP contribution in [0.1, 0.15) is 110 Å². The fourth-order valence-corrected chi connectivity index (χ4v) is 4.98. The predicted octanol–water partition coefficient (Wildman–Crippen LogP) is 7.65. The van der Waals surface area contributed by atoms with Crippen molar-refractivity contribution in [3.63, 3.8) is 0 Å². The Hall–Kier alpha value is -0.460. The van der Waals surface area contributed by atoms with Crippen LogP contribution in [0, 0.1) is 17.8 Å². The van der Waals surface area contributed by atoms with Crippen LogP contribution in [0.3, 0.4) is 0 Å². The lowest BCUT2D eigenvalue weighted by Gasteiger charge is -2.38. The molecule has 0 aliphatic heterocycles. The van der Waals surface area contributed by atoms with E-state index in [0.717, 1.165) is 24.2 Å². The van der Waals surface area contributed by atoms with Crippen LogP contribution in [0.15, 0.2) is 12.3 Å². The van der Waals surface area contributed by atoms with E-state index >= 15 is 0 Å². The molecule has 0 amide bonds. The molecule has 1 heteroatoms. The van der Waals surface area contributed by atoms with E-state index in [1.807, 2.05) is 6.26 Å². The molecule has 2 rings (SSSR count). The fourth-order valence-electron chi connectivity index (χ4n) is 4.98. The van der Waals surface area contributed by atoms with Crippen molar-refractivity contribution in [3.05, 3.63) is 12.3 Å². The van der Waals surface area contributed by atoms with Gasteiger partial charge in [-0.2, -0.15) is 0 Å². The van der Waals surface area contributed by atoms with Crippen LogP contribution in [-0.2, 0) is 4.74 Å². The average molecular weight is 335 g/mol.